The number of hydrogen-bond acceptors (Lipinski definition) is 9. The molecule has 1 aliphatic heterocycles. The van der Waals surface area contributed by atoms with Crippen LogP contribution in [-0.2, 0) is 27.8 Å². The number of aliphatic hydroxyl groups excluding tert-OH is 1. The number of urea groups is 1. The zero-order valence-electron chi connectivity index (χ0n) is 28.7. The van der Waals surface area contributed by atoms with Crippen molar-refractivity contribution in [3.05, 3.63) is 89.7 Å². The van der Waals surface area contributed by atoms with Gasteiger partial charge >= 0.3 is 6.03 Å². The Morgan fingerprint density at radius 3 is 2.31 bits per heavy atom. The lowest BCUT2D eigenvalue weighted by atomic mass is 9.84. The molecule has 1 aromatic heterocycles. The molecule has 2 heterocycles. The first-order valence-electron chi connectivity index (χ1n) is 16.3. The number of carbonyl (C=O) groups is 2. The Bertz CT molecular complexity index is 1670. The Balaban J connectivity index is 1.60. The molecule has 1 fully saturated rings. The summed E-state index contributed by atoms with van der Waals surface area (Å²) in [6, 6.07) is 15.0. The van der Waals surface area contributed by atoms with Crippen molar-refractivity contribution in [3.63, 3.8) is 0 Å². The van der Waals surface area contributed by atoms with Crippen molar-refractivity contribution in [3.8, 4) is 0 Å². The second-order valence-corrected chi connectivity index (χ2v) is 15.8. The highest BCUT2D eigenvalue weighted by Crippen LogP contribution is 2.29. The van der Waals surface area contributed by atoms with Crippen molar-refractivity contribution < 1.29 is 28.3 Å². The first kappa shape index (κ1) is 37.4. The van der Waals surface area contributed by atoms with Crippen LogP contribution in [0.25, 0.3) is 0 Å². The molecule has 0 radical (unpaired) electrons. The number of nitrogens with zero attached hydrogens (tertiary/aromatic N) is 6. The summed E-state index contributed by atoms with van der Waals surface area (Å²) < 4.78 is 29.0. The fraction of sp³-hybridized carbons (Fsp3) is 0.457. The number of amides is 3. The zero-order chi connectivity index (χ0) is 35.8. The molecule has 264 valence electrons. The van der Waals surface area contributed by atoms with Gasteiger partial charge in [0.15, 0.2) is 0 Å². The van der Waals surface area contributed by atoms with Crippen LogP contribution in [0.2, 0.25) is 0 Å². The van der Waals surface area contributed by atoms with Crippen LogP contribution in [0.15, 0.2) is 83.1 Å². The number of oxime groups is 1. The van der Waals surface area contributed by atoms with Crippen molar-refractivity contribution in [2.75, 3.05) is 26.2 Å². The van der Waals surface area contributed by atoms with Crippen molar-refractivity contribution in [2.24, 2.45) is 16.5 Å². The molecule has 49 heavy (non-hydrogen) atoms. The molecule has 0 spiro atoms. The highest BCUT2D eigenvalue weighted by Gasteiger charge is 2.44. The lowest BCUT2D eigenvalue weighted by Gasteiger charge is -2.38. The molecule has 1 aliphatic rings. The normalized spacial score (nSPS) is 16.0. The van der Waals surface area contributed by atoms with Gasteiger partial charge in [-0.25, -0.2) is 13.2 Å². The minimum Gasteiger partial charge on any atom is -0.411 e. The van der Waals surface area contributed by atoms with Crippen LogP contribution in [0.3, 0.4) is 0 Å². The topological polar surface area (TPSA) is 169 Å². The van der Waals surface area contributed by atoms with E-state index in [1.54, 1.807) is 28.3 Å². The summed E-state index contributed by atoms with van der Waals surface area (Å²) in [5, 5.41) is 34.3. The molecule has 3 aromatic rings. The number of benzene rings is 2. The van der Waals surface area contributed by atoms with Crippen LogP contribution in [0, 0.1) is 11.3 Å². The molecule has 0 bridgehead atoms. The maximum Gasteiger partial charge on any atom is 0.321 e. The molecule has 3 N–H and O–H groups in total. The molecule has 2 aromatic carbocycles. The summed E-state index contributed by atoms with van der Waals surface area (Å²) in [6.07, 6.45) is 3.28. The van der Waals surface area contributed by atoms with Gasteiger partial charge in [0.2, 0.25) is 15.9 Å². The molecule has 14 heteroatoms. The number of aliphatic hydroxyl groups is 1. The Hall–Kier alpha value is -4.40. The monoisotopic (exact) mass is 693 g/mol. The summed E-state index contributed by atoms with van der Waals surface area (Å²) in [7, 11) is -4.06. The highest BCUT2D eigenvalue weighted by atomic mass is 32.2. The Labute approximate surface area is 288 Å². The summed E-state index contributed by atoms with van der Waals surface area (Å²) in [5.41, 5.74) is 1.51. The van der Waals surface area contributed by atoms with E-state index in [1.807, 2.05) is 65.0 Å². The van der Waals surface area contributed by atoms with Gasteiger partial charge in [0, 0.05) is 38.9 Å². The number of hydrogen-bond donors (Lipinski definition) is 3. The van der Waals surface area contributed by atoms with Crippen LogP contribution in [0.1, 0.15) is 51.3 Å². The third kappa shape index (κ3) is 9.83. The van der Waals surface area contributed by atoms with Crippen molar-refractivity contribution >= 4 is 28.2 Å². The Morgan fingerprint density at radius 2 is 1.71 bits per heavy atom. The van der Waals surface area contributed by atoms with E-state index >= 15 is 0 Å². The van der Waals surface area contributed by atoms with Gasteiger partial charge in [-0.3, -0.25) is 4.79 Å². The minimum atomic E-state index is -4.06. The van der Waals surface area contributed by atoms with Crippen LogP contribution in [0.4, 0.5) is 4.79 Å². The summed E-state index contributed by atoms with van der Waals surface area (Å²) in [5.74, 6) is -0.505. The van der Waals surface area contributed by atoms with E-state index in [0.29, 0.717) is 25.2 Å². The fourth-order valence-corrected chi connectivity index (χ4v) is 7.61. The van der Waals surface area contributed by atoms with Gasteiger partial charge in [0.1, 0.15) is 6.04 Å². The quantitative estimate of drug-likeness (QED) is 0.124. The SMILES string of the molecule is CC(C)CN(C[C@@H](O)[C@H](Cc1ccccc1)NC(=O)[C@@H](N1CCN(Cc2ccnnc2)C1=O)C(C)(C)C)S(=O)(=O)c1ccc(C=NO)cc1. The van der Waals surface area contributed by atoms with Gasteiger partial charge in [-0.05, 0) is 52.6 Å². The molecule has 13 nitrogen and oxygen atoms in total. The average Bonchev–Trinajstić information content (AvgIpc) is 3.39. The summed E-state index contributed by atoms with van der Waals surface area (Å²) in [4.78, 5) is 31.2. The van der Waals surface area contributed by atoms with Gasteiger partial charge in [-0.15, -0.1) is 0 Å². The maximum absolute atomic E-state index is 14.2. The third-order valence-corrected chi connectivity index (χ3v) is 10.1. The summed E-state index contributed by atoms with van der Waals surface area (Å²) in [6.45, 7) is 10.4. The van der Waals surface area contributed by atoms with E-state index in [4.69, 9.17) is 5.21 Å². The highest BCUT2D eigenvalue weighted by molar-refractivity contribution is 7.89. The third-order valence-electron chi connectivity index (χ3n) is 8.30. The first-order chi connectivity index (χ1) is 23.2. The number of rotatable bonds is 15. The van der Waals surface area contributed by atoms with E-state index in [-0.39, 0.29) is 36.4 Å². The number of carbonyl (C=O) groups excluding carboxylic acids is 2. The maximum atomic E-state index is 14.2. The van der Waals surface area contributed by atoms with E-state index in [0.717, 1.165) is 11.1 Å². The molecular formula is C35H47N7O6S. The van der Waals surface area contributed by atoms with Crippen LogP contribution in [-0.4, -0.2) is 106 Å². The lowest BCUT2D eigenvalue weighted by molar-refractivity contribution is -0.130. The van der Waals surface area contributed by atoms with Gasteiger partial charge in [0.05, 0.1) is 29.5 Å². The standard InChI is InChI=1S/C35H47N7O6S/c1-25(2)22-41(49(47,48)29-13-11-27(12-14-29)21-38-46)24-31(43)30(19-26-9-7-6-8-10-26)39-33(44)32(35(3,4)5)42-18-17-40(34(42)45)23-28-15-16-36-37-20-28/h6-16,20-21,25,30-32,43,46H,17-19,22-24H2,1-5H3,(H,39,44)/t30-,31+,32+/m0/s1. The molecule has 0 aliphatic carbocycles. The number of aromatic nitrogens is 2. The van der Waals surface area contributed by atoms with Crippen molar-refractivity contribution in [2.45, 2.75) is 70.7 Å². The van der Waals surface area contributed by atoms with Gasteiger partial charge in [0.25, 0.3) is 0 Å². The van der Waals surface area contributed by atoms with E-state index in [9.17, 15) is 23.1 Å². The molecule has 3 atom stereocenters. The molecule has 0 unspecified atom stereocenters. The largest absolute Gasteiger partial charge is 0.411 e. The molecule has 1 saturated heterocycles. The van der Waals surface area contributed by atoms with Gasteiger partial charge in [-0.2, -0.15) is 14.5 Å². The van der Waals surface area contributed by atoms with Crippen molar-refractivity contribution in [1.82, 2.24) is 29.6 Å². The predicted octanol–water partition coefficient (Wildman–Crippen LogP) is 3.37. The fourth-order valence-electron chi connectivity index (χ4n) is 5.99. The van der Waals surface area contributed by atoms with Gasteiger partial charge < -0.3 is 25.4 Å². The predicted molar refractivity (Wildman–Crippen MR) is 185 cm³/mol. The van der Waals surface area contributed by atoms with Crippen LogP contribution in [0.5, 0.6) is 0 Å². The molecular weight excluding hydrogens is 646 g/mol. The Morgan fingerprint density at radius 1 is 1.02 bits per heavy atom. The second kappa shape index (κ2) is 16.3. The minimum absolute atomic E-state index is 0.0199. The number of nitrogens with one attached hydrogen (secondary N) is 1. The second-order valence-electron chi connectivity index (χ2n) is 13.8. The van der Waals surface area contributed by atoms with E-state index in [2.05, 4.69) is 20.7 Å². The molecule has 3 amide bonds. The smallest absolute Gasteiger partial charge is 0.321 e. The first-order valence-corrected chi connectivity index (χ1v) is 17.8. The van der Waals surface area contributed by atoms with E-state index < -0.39 is 39.5 Å². The zero-order valence-corrected chi connectivity index (χ0v) is 29.5. The van der Waals surface area contributed by atoms with Crippen molar-refractivity contribution in [1.29, 1.82) is 0 Å². The van der Waals surface area contributed by atoms with Gasteiger partial charge in [-0.1, -0.05) is 82.2 Å². The Kier molecular flexibility index (Phi) is 12.5. The lowest BCUT2D eigenvalue weighted by Crippen LogP contribution is -2.59. The molecule has 0 saturated carbocycles. The van der Waals surface area contributed by atoms with E-state index in [1.165, 1.54) is 34.8 Å². The average molecular weight is 694 g/mol. The summed E-state index contributed by atoms with van der Waals surface area (Å²) >= 11 is 0. The van der Waals surface area contributed by atoms with Crippen LogP contribution < -0.4 is 5.32 Å². The number of sulfonamides is 1. The van der Waals surface area contributed by atoms with Crippen LogP contribution >= 0.6 is 0 Å². The molecule has 4 rings (SSSR count).